The maximum atomic E-state index is 12.0. The fourth-order valence-corrected chi connectivity index (χ4v) is 3.26. The lowest BCUT2D eigenvalue weighted by molar-refractivity contribution is -0.149. The molecule has 0 radical (unpaired) electrons. The minimum absolute atomic E-state index is 0.137. The number of unbranched alkanes of at least 4 members (excludes halogenated alkanes) is 6. The van der Waals surface area contributed by atoms with Gasteiger partial charge in [-0.3, -0.25) is 9.59 Å². The van der Waals surface area contributed by atoms with E-state index in [4.69, 9.17) is 9.47 Å². The van der Waals surface area contributed by atoms with Crippen LogP contribution in [-0.4, -0.2) is 25.2 Å². The van der Waals surface area contributed by atoms with E-state index in [0.29, 0.717) is 32.5 Å². The van der Waals surface area contributed by atoms with Gasteiger partial charge in [-0.05, 0) is 37.5 Å². The first-order valence-corrected chi connectivity index (χ1v) is 12.1. The van der Waals surface area contributed by atoms with Crippen LogP contribution in [0.4, 0.5) is 0 Å². The molecular formula is C25H48O4. The highest BCUT2D eigenvalue weighted by molar-refractivity contribution is 5.72. The van der Waals surface area contributed by atoms with E-state index in [-0.39, 0.29) is 17.9 Å². The Bertz CT molecular complexity index is 404. The van der Waals surface area contributed by atoms with Crippen LogP contribution >= 0.6 is 0 Å². The Morgan fingerprint density at radius 3 is 1.59 bits per heavy atom. The van der Waals surface area contributed by atoms with E-state index >= 15 is 0 Å². The third-order valence-corrected chi connectivity index (χ3v) is 5.28. The molecule has 0 aliphatic carbocycles. The number of rotatable bonds is 19. The molecule has 0 aromatic rings. The minimum atomic E-state index is -0.148. The molecule has 4 nitrogen and oxygen atoms in total. The SMILES string of the molecule is CC(C)CCCCCCOC(=O)CCCC(C)C(=O)OCCCCCCC(C)C. The Kier molecular flexibility index (Phi) is 18.2. The third kappa shape index (κ3) is 20.0. The monoisotopic (exact) mass is 412 g/mol. The summed E-state index contributed by atoms with van der Waals surface area (Å²) in [7, 11) is 0. The average molecular weight is 413 g/mol. The van der Waals surface area contributed by atoms with Gasteiger partial charge in [0, 0.05) is 6.42 Å². The largest absolute Gasteiger partial charge is 0.466 e. The molecule has 0 fully saturated rings. The lowest BCUT2D eigenvalue weighted by atomic mass is 10.0. The molecule has 0 aliphatic rings. The van der Waals surface area contributed by atoms with Crippen LogP contribution in [0.2, 0.25) is 0 Å². The van der Waals surface area contributed by atoms with Crippen molar-refractivity contribution in [2.45, 2.75) is 118 Å². The van der Waals surface area contributed by atoms with Gasteiger partial charge in [0.05, 0.1) is 19.1 Å². The Balaban J connectivity index is 3.52. The zero-order valence-electron chi connectivity index (χ0n) is 20.0. The number of hydrogen-bond donors (Lipinski definition) is 0. The lowest BCUT2D eigenvalue weighted by Crippen LogP contribution is -2.16. The van der Waals surface area contributed by atoms with Crippen LogP contribution in [0, 0.1) is 17.8 Å². The molecule has 0 N–H and O–H groups in total. The van der Waals surface area contributed by atoms with Crippen LogP contribution in [0.1, 0.15) is 118 Å². The molecule has 0 saturated heterocycles. The Morgan fingerprint density at radius 2 is 1.07 bits per heavy atom. The number of carbonyl (C=O) groups excluding carboxylic acids is 2. The van der Waals surface area contributed by atoms with Crippen molar-refractivity contribution < 1.29 is 19.1 Å². The number of carbonyl (C=O) groups is 2. The molecule has 29 heavy (non-hydrogen) atoms. The number of ether oxygens (including phenoxy) is 2. The van der Waals surface area contributed by atoms with Gasteiger partial charge in [0.25, 0.3) is 0 Å². The topological polar surface area (TPSA) is 52.6 Å². The van der Waals surface area contributed by atoms with Crippen molar-refractivity contribution in [2.75, 3.05) is 13.2 Å². The first kappa shape index (κ1) is 27.9. The molecular weight excluding hydrogens is 364 g/mol. The molecule has 172 valence electrons. The zero-order valence-corrected chi connectivity index (χ0v) is 20.0. The van der Waals surface area contributed by atoms with Crippen molar-refractivity contribution in [1.82, 2.24) is 0 Å². The predicted molar refractivity (Wildman–Crippen MR) is 121 cm³/mol. The summed E-state index contributed by atoms with van der Waals surface area (Å²) in [6, 6.07) is 0. The average Bonchev–Trinajstić information content (AvgIpc) is 2.65. The summed E-state index contributed by atoms with van der Waals surface area (Å²) < 4.78 is 10.6. The second kappa shape index (κ2) is 18.9. The summed E-state index contributed by atoms with van der Waals surface area (Å²) in [4.78, 5) is 23.8. The quantitative estimate of drug-likeness (QED) is 0.168. The van der Waals surface area contributed by atoms with Crippen molar-refractivity contribution in [3.63, 3.8) is 0 Å². The third-order valence-electron chi connectivity index (χ3n) is 5.28. The van der Waals surface area contributed by atoms with Gasteiger partial charge in [0.2, 0.25) is 0 Å². The molecule has 4 heteroatoms. The second-order valence-electron chi connectivity index (χ2n) is 9.37. The summed E-state index contributed by atoms with van der Waals surface area (Å²) >= 11 is 0. The summed E-state index contributed by atoms with van der Waals surface area (Å²) in [5, 5.41) is 0. The zero-order chi connectivity index (χ0) is 21.9. The molecule has 1 atom stereocenters. The first-order valence-electron chi connectivity index (χ1n) is 12.1. The summed E-state index contributed by atoms with van der Waals surface area (Å²) in [6.07, 6.45) is 13.4. The van der Waals surface area contributed by atoms with Crippen LogP contribution in [0.25, 0.3) is 0 Å². The molecule has 0 saturated carbocycles. The van der Waals surface area contributed by atoms with Crippen LogP contribution in [-0.2, 0) is 19.1 Å². The van der Waals surface area contributed by atoms with Gasteiger partial charge in [0.15, 0.2) is 0 Å². The Morgan fingerprint density at radius 1 is 0.586 bits per heavy atom. The van der Waals surface area contributed by atoms with Gasteiger partial charge < -0.3 is 9.47 Å². The standard InChI is InChI=1S/C25H48O4/c1-21(2)15-10-6-8-12-19-28-24(26)18-14-17-23(5)25(27)29-20-13-9-7-11-16-22(3)4/h21-23H,6-20H2,1-5H3. The van der Waals surface area contributed by atoms with Crippen LogP contribution in [0.3, 0.4) is 0 Å². The molecule has 0 aliphatic heterocycles. The number of hydrogen-bond acceptors (Lipinski definition) is 4. The van der Waals surface area contributed by atoms with E-state index in [1.165, 1.54) is 38.5 Å². The predicted octanol–water partition coefficient (Wildman–Crippen LogP) is 7.09. The fourth-order valence-electron chi connectivity index (χ4n) is 3.26. The molecule has 0 aromatic carbocycles. The van der Waals surface area contributed by atoms with Crippen LogP contribution in [0.5, 0.6) is 0 Å². The normalized spacial score (nSPS) is 12.4. The second-order valence-corrected chi connectivity index (χ2v) is 9.37. The van der Waals surface area contributed by atoms with E-state index in [0.717, 1.165) is 37.5 Å². The molecule has 1 unspecified atom stereocenters. The van der Waals surface area contributed by atoms with Gasteiger partial charge in [-0.15, -0.1) is 0 Å². The van der Waals surface area contributed by atoms with Crippen molar-refractivity contribution in [3.05, 3.63) is 0 Å². The number of esters is 2. The smallest absolute Gasteiger partial charge is 0.308 e. The van der Waals surface area contributed by atoms with Crippen LogP contribution < -0.4 is 0 Å². The maximum absolute atomic E-state index is 12.0. The van der Waals surface area contributed by atoms with Crippen molar-refractivity contribution in [1.29, 1.82) is 0 Å². The van der Waals surface area contributed by atoms with E-state index in [1.807, 2.05) is 6.92 Å². The van der Waals surface area contributed by atoms with Gasteiger partial charge in [-0.25, -0.2) is 0 Å². The Hall–Kier alpha value is -1.06. The maximum Gasteiger partial charge on any atom is 0.308 e. The minimum Gasteiger partial charge on any atom is -0.466 e. The molecule has 0 spiro atoms. The Labute approximate surface area is 180 Å². The fraction of sp³-hybridized carbons (Fsp3) is 0.920. The summed E-state index contributed by atoms with van der Waals surface area (Å²) in [5.74, 6) is 1.11. The van der Waals surface area contributed by atoms with Crippen LogP contribution in [0.15, 0.2) is 0 Å². The van der Waals surface area contributed by atoms with E-state index < -0.39 is 0 Å². The lowest BCUT2D eigenvalue weighted by Gasteiger charge is -2.11. The van der Waals surface area contributed by atoms with Gasteiger partial charge in [-0.1, -0.05) is 86.0 Å². The molecule has 0 rings (SSSR count). The highest BCUT2D eigenvalue weighted by atomic mass is 16.5. The van der Waals surface area contributed by atoms with E-state index in [2.05, 4.69) is 27.7 Å². The van der Waals surface area contributed by atoms with Crippen molar-refractivity contribution in [3.8, 4) is 0 Å². The molecule has 0 aromatic heterocycles. The molecule has 0 bridgehead atoms. The van der Waals surface area contributed by atoms with Crippen molar-refractivity contribution in [2.24, 2.45) is 17.8 Å². The highest BCUT2D eigenvalue weighted by Gasteiger charge is 2.15. The highest BCUT2D eigenvalue weighted by Crippen LogP contribution is 2.13. The summed E-state index contributed by atoms with van der Waals surface area (Å²) in [6.45, 7) is 11.9. The van der Waals surface area contributed by atoms with E-state index in [9.17, 15) is 9.59 Å². The molecule has 0 heterocycles. The summed E-state index contributed by atoms with van der Waals surface area (Å²) in [5.41, 5.74) is 0. The van der Waals surface area contributed by atoms with Gasteiger partial charge >= 0.3 is 11.9 Å². The van der Waals surface area contributed by atoms with Gasteiger partial charge in [-0.2, -0.15) is 0 Å². The van der Waals surface area contributed by atoms with Crippen molar-refractivity contribution >= 4 is 11.9 Å². The van der Waals surface area contributed by atoms with Gasteiger partial charge in [0.1, 0.15) is 0 Å². The first-order chi connectivity index (χ1) is 13.8. The molecule has 0 amide bonds. The van der Waals surface area contributed by atoms with E-state index in [1.54, 1.807) is 0 Å².